The standard InChI is InChI=1S/C12H25N5/c1-5-7-10(3)11(13-8-6-2)9-12-14-16-17(4)15-12/h10-11,13H,5-9H2,1-4H3. The molecule has 5 nitrogen and oxygen atoms in total. The molecule has 0 radical (unpaired) electrons. The summed E-state index contributed by atoms with van der Waals surface area (Å²) in [4.78, 5) is 1.52. The lowest BCUT2D eigenvalue weighted by atomic mass is 9.94. The van der Waals surface area contributed by atoms with Crippen molar-refractivity contribution < 1.29 is 0 Å². The van der Waals surface area contributed by atoms with Gasteiger partial charge in [-0.15, -0.1) is 10.2 Å². The third-order valence-corrected chi connectivity index (χ3v) is 3.04. The van der Waals surface area contributed by atoms with Gasteiger partial charge in [-0.3, -0.25) is 0 Å². The van der Waals surface area contributed by atoms with Crippen molar-refractivity contribution in [2.24, 2.45) is 13.0 Å². The Morgan fingerprint density at radius 3 is 2.59 bits per heavy atom. The minimum Gasteiger partial charge on any atom is -0.313 e. The Morgan fingerprint density at radius 2 is 2.06 bits per heavy atom. The fourth-order valence-electron chi connectivity index (χ4n) is 2.06. The fourth-order valence-corrected chi connectivity index (χ4v) is 2.06. The van der Waals surface area contributed by atoms with Gasteiger partial charge in [0.05, 0.1) is 7.05 Å². The third kappa shape index (κ3) is 4.81. The second-order valence-corrected chi connectivity index (χ2v) is 4.73. The van der Waals surface area contributed by atoms with E-state index in [1.54, 1.807) is 7.05 Å². The van der Waals surface area contributed by atoms with Gasteiger partial charge in [0.1, 0.15) is 0 Å². The molecule has 0 fully saturated rings. The molecule has 0 aliphatic heterocycles. The second-order valence-electron chi connectivity index (χ2n) is 4.73. The Hall–Kier alpha value is -0.970. The zero-order valence-corrected chi connectivity index (χ0v) is 11.5. The maximum atomic E-state index is 4.26. The Labute approximate surface area is 104 Å². The Morgan fingerprint density at radius 1 is 1.29 bits per heavy atom. The minimum atomic E-state index is 0.458. The number of aryl methyl sites for hydroxylation is 1. The molecule has 0 saturated carbocycles. The molecule has 5 heteroatoms. The van der Waals surface area contributed by atoms with Crippen LogP contribution >= 0.6 is 0 Å². The topological polar surface area (TPSA) is 55.6 Å². The molecule has 1 heterocycles. The molecule has 0 aliphatic rings. The number of nitrogens with one attached hydrogen (secondary N) is 1. The van der Waals surface area contributed by atoms with Gasteiger partial charge in [-0.05, 0) is 30.5 Å². The molecule has 1 N–H and O–H groups in total. The lowest BCUT2D eigenvalue weighted by molar-refractivity contribution is 0.348. The first-order chi connectivity index (χ1) is 8.17. The van der Waals surface area contributed by atoms with E-state index in [1.807, 2.05) is 0 Å². The van der Waals surface area contributed by atoms with E-state index < -0.39 is 0 Å². The molecule has 0 aliphatic carbocycles. The summed E-state index contributed by atoms with van der Waals surface area (Å²) in [6.07, 6.45) is 4.49. The highest BCUT2D eigenvalue weighted by Gasteiger charge is 2.18. The molecule has 0 bridgehead atoms. The summed E-state index contributed by atoms with van der Waals surface area (Å²) in [6, 6.07) is 0.458. The average Bonchev–Trinajstić information content (AvgIpc) is 2.70. The Bertz CT molecular complexity index is 310. The first-order valence-corrected chi connectivity index (χ1v) is 6.63. The van der Waals surface area contributed by atoms with Crippen molar-refractivity contribution in [3.63, 3.8) is 0 Å². The largest absolute Gasteiger partial charge is 0.313 e. The van der Waals surface area contributed by atoms with Crippen LogP contribution in [0.5, 0.6) is 0 Å². The molecule has 0 saturated heterocycles. The number of nitrogens with zero attached hydrogens (tertiary/aromatic N) is 4. The molecule has 1 rings (SSSR count). The molecular formula is C12H25N5. The van der Waals surface area contributed by atoms with Crippen molar-refractivity contribution in [2.75, 3.05) is 6.54 Å². The molecule has 1 aromatic heterocycles. The summed E-state index contributed by atoms with van der Waals surface area (Å²) in [7, 11) is 1.81. The Balaban J connectivity index is 2.55. The van der Waals surface area contributed by atoms with E-state index in [0.717, 1.165) is 25.2 Å². The monoisotopic (exact) mass is 239 g/mol. The smallest absolute Gasteiger partial charge is 0.176 e. The van der Waals surface area contributed by atoms with Crippen LogP contribution in [0, 0.1) is 5.92 Å². The zero-order chi connectivity index (χ0) is 12.7. The van der Waals surface area contributed by atoms with Gasteiger partial charge in [-0.2, -0.15) is 4.80 Å². The fraction of sp³-hybridized carbons (Fsp3) is 0.917. The van der Waals surface area contributed by atoms with Gasteiger partial charge in [-0.25, -0.2) is 0 Å². The highest BCUT2D eigenvalue weighted by molar-refractivity contribution is 4.87. The summed E-state index contributed by atoms with van der Waals surface area (Å²) in [6.45, 7) is 7.77. The summed E-state index contributed by atoms with van der Waals surface area (Å²) < 4.78 is 0. The minimum absolute atomic E-state index is 0.458. The second kappa shape index (κ2) is 7.37. The van der Waals surface area contributed by atoms with Gasteiger partial charge in [-0.1, -0.05) is 27.2 Å². The molecule has 2 unspecified atom stereocenters. The number of tetrazole rings is 1. The quantitative estimate of drug-likeness (QED) is 0.748. The van der Waals surface area contributed by atoms with E-state index in [9.17, 15) is 0 Å². The van der Waals surface area contributed by atoms with E-state index >= 15 is 0 Å². The first-order valence-electron chi connectivity index (χ1n) is 6.63. The van der Waals surface area contributed by atoms with Crippen LogP contribution in [0.15, 0.2) is 0 Å². The van der Waals surface area contributed by atoms with Crippen molar-refractivity contribution in [1.82, 2.24) is 25.5 Å². The lowest BCUT2D eigenvalue weighted by Gasteiger charge is -2.23. The van der Waals surface area contributed by atoms with Crippen molar-refractivity contribution >= 4 is 0 Å². The first kappa shape index (κ1) is 14.1. The maximum Gasteiger partial charge on any atom is 0.176 e. The number of rotatable bonds is 8. The molecule has 98 valence electrons. The predicted molar refractivity (Wildman–Crippen MR) is 68.7 cm³/mol. The van der Waals surface area contributed by atoms with Gasteiger partial charge in [0.25, 0.3) is 0 Å². The van der Waals surface area contributed by atoms with Crippen LogP contribution in [0.3, 0.4) is 0 Å². The van der Waals surface area contributed by atoms with Crippen LogP contribution < -0.4 is 5.32 Å². The highest BCUT2D eigenvalue weighted by atomic mass is 15.6. The van der Waals surface area contributed by atoms with E-state index in [0.29, 0.717) is 12.0 Å². The number of hydrogen-bond donors (Lipinski definition) is 1. The molecular weight excluding hydrogens is 214 g/mol. The van der Waals surface area contributed by atoms with Crippen molar-refractivity contribution in [2.45, 2.75) is 52.5 Å². The highest BCUT2D eigenvalue weighted by Crippen LogP contribution is 2.13. The molecule has 0 aromatic carbocycles. The maximum absolute atomic E-state index is 4.26. The van der Waals surface area contributed by atoms with Crippen LogP contribution in [-0.4, -0.2) is 32.8 Å². The summed E-state index contributed by atoms with van der Waals surface area (Å²) in [5.74, 6) is 1.49. The molecule has 2 atom stereocenters. The predicted octanol–water partition coefficient (Wildman–Crippen LogP) is 1.56. The number of hydrogen-bond acceptors (Lipinski definition) is 4. The van der Waals surface area contributed by atoms with Gasteiger partial charge in [0, 0.05) is 12.5 Å². The van der Waals surface area contributed by atoms with Crippen LogP contribution in [0.4, 0.5) is 0 Å². The van der Waals surface area contributed by atoms with Crippen LogP contribution in [0.25, 0.3) is 0 Å². The van der Waals surface area contributed by atoms with E-state index in [2.05, 4.69) is 41.5 Å². The average molecular weight is 239 g/mol. The van der Waals surface area contributed by atoms with Crippen LogP contribution in [0.1, 0.15) is 45.9 Å². The van der Waals surface area contributed by atoms with E-state index in [4.69, 9.17) is 0 Å². The molecule has 0 amide bonds. The third-order valence-electron chi connectivity index (χ3n) is 3.04. The number of aromatic nitrogens is 4. The van der Waals surface area contributed by atoms with Gasteiger partial charge >= 0.3 is 0 Å². The van der Waals surface area contributed by atoms with Crippen molar-refractivity contribution in [3.05, 3.63) is 5.82 Å². The van der Waals surface area contributed by atoms with Gasteiger partial charge < -0.3 is 5.32 Å². The Kier molecular flexibility index (Phi) is 6.11. The summed E-state index contributed by atoms with van der Waals surface area (Å²) in [5, 5.41) is 15.8. The van der Waals surface area contributed by atoms with E-state index in [1.165, 1.54) is 17.6 Å². The summed E-state index contributed by atoms with van der Waals surface area (Å²) in [5.41, 5.74) is 0. The molecule has 1 aromatic rings. The molecule has 0 spiro atoms. The summed E-state index contributed by atoms with van der Waals surface area (Å²) >= 11 is 0. The SMILES string of the molecule is CCCNC(Cc1nnn(C)n1)C(C)CCC. The van der Waals surface area contributed by atoms with Crippen molar-refractivity contribution in [3.8, 4) is 0 Å². The van der Waals surface area contributed by atoms with Crippen molar-refractivity contribution in [1.29, 1.82) is 0 Å². The van der Waals surface area contributed by atoms with E-state index in [-0.39, 0.29) is 0 Å². The lowest BCUT2D eigenvalue weighted by Crippen LogP contribution is -2.37. The van der Waals surface area contributed by atoms with Gasteiger partial charge in [0.15, 0.2) is 5.82 Å². The van der Waals surface area contributed by atoms with Gasteiger partial charge in [0.2, 0.25) is 0 Å². The molecule has 17 heavy (non-hydrogen) atoms. The van der Waals surface area contributed by atoms with Crippen LogP contribution in [0.2, 0.25) is 0 Å². The normalized spacial score (nSPS) is 14.8. The van der Waals surface area contributed by atoms with Crippen LogP contribution in [-0.2, 0) is 13.5 Å². The zero-order valence-electron chi connectivity index (χ0n) is 11.5.